The fraction of sp³-hybridized carbons (Fsp3) is 0.346. The molecule has 1 heterocycles. The van der Waals surface area contributed by atoms with E-state index < -0.39 is 24.2 Å². The molecular weight excluding hydrogens is 436 g/mol. The minimum absolute atomic E-state index is 0.0879. The van der Waals surface area contributed by atoms with Crippen LogP contribution < -0.4 is 5.32 Å². The van der Waals surface area contributed by atoms with E-state index in [0.717, 1.165) is 22.3 Å². The van der Waals surface area contributed by atoms with E-state index in [1.807, 2.05) is 36.4 Å². The van der Waals surface area contributed by atoms with Crippen LogP contribution in [0.25, 0.3) is 11.1 Å². The van der Waals surface area contributed by atoms with Gasteiger partial charge in [-0.05, 0) is 41.0 Å². The van der Waals surface area contributed by atoms with E-state index in [-0.39, 0.29) is 44.6 Å². The summed E-state index contributed by atoms with van der Waals surface area (Å²) < 4.78 is 10.5. The standard InChI is InChI=1S/C26H28N2O6/c1-2-13-33-25(31)27-15-17-11-12-28(23(14-17)24(29)30)26(32)34-16-22-20-9-5-3-7-18(20)19-8-4-6-10-21(19)22/h2-10,17,22-23H,1,11-16H2,(H,27,31)(H,29,30)/t17?,23-/m0/s1. The summed E-state index contributed by atoms with van der Waals surface area (Å²) in [4.78, 5) is 37.8. The summed E-state index contributed by atoms with van der Waals surface area (Å²) in [7, 11) is 0. The second kappa shape index (κ2) is 10.4. The van der Waals surface area contributed by atoms with Gasteiger partial charge in [0.15, 0.2) is 0 Å². The van der Waals surface area contributed by atoms with E-state index in [2.05, 4.69) is 24.0 Å². The molecule has 0 radical (unpaired) electrons. The normalized spacial score (nSPS) is 19.0. The molecule has 34 heavy (non-hydrogen) atoms. The van der Waals surface area contributed by atoms with E-state index >= 15 is 0 Å². The number of hydrogen-bond donors (Lipinski definition) is 2. The summed E-state index contributed by atoms with van der Waals surface area (Å²) in [5.74, 6) is -1.27. The molecule has 0 bridgehead atoms. The van der Waals surface area contributed by atoms with Crippen LogP contribution in [-0.2, 0) is 14.3 Å². The van der Waals surface area contributed by atoms with Crippen molar-refractivity contribution in [3.8, 4) is 11.1 Å². The number of benzene rings is 2. The maximum atomic E-state index is 12.9. The number of fused-ring (bicyclic) bond motifs is 3. The van der Waals surface area contributed by atoms with Gasteiger partial charge in [-0.2, -0.15) is 0 Å². The smallest absolute Gasteiger partial charge is 0.410 e. The number of piperidine rings is 1. The van der Waals surface area contributed by atoms with E-state index in [0.29, 0.717) is 6.42 Å². The fourth-order valence-corrected chi connectivity index (χ4v) is 4.77. The van der Waals surface area contributed by atoms with Crippen molar-refractivity contribution in [1.82, 2.24) is 10.2 Å². The van der Waals surface area contributed by atoms with Crippen LogP contribution in [0.4, 0.5) is 9.59 Å². The molecule has 1 aliphatic carbocycles. The van der Waals surface area contributed by atoms with Gasteiger partial charge in [-0.15, -0.1) is 0 Å². The van der Waals surface area contributed by atoms with Gasteiger partial charge in [0, 0.05) is 19.0 Å². The second-order valence-electron chi connectivity index (χ2n) is 8.51. The summed E-state index contributed by atoms with van der Waals surface area (Å²) in [6, 6.07) is 15.1. The largest absolute Gasteiger partial charge is 0.480 e. The number of carboxylic acids is 1. The first-order chi connectivity index (χ1) is 16.5. The van der Waals surface area contributed by atoms with Gasteiger partial charge >= 0.3 is 18.2 Å². The average Bonchev–Trinajstić information content (AvgIpc) is 3.18. The number of alkyl carbamates (subject to hydrolysis) is 1. The maximum Gasteiger partial charge on any atom is 0.410 e. The third-order valence-corrected chi connectivity index (χ3v) is 6.43. The molecule has 2 amide bonds. The van der Waals surface area contributed by atoms with Gasteiger partial charge in [0.1, 0.15) is 19.3 Å². The summed E-state index contributed by atoms with van der Waals surface area (Å²) in [5, 5.41) is 12.4. The predicted octanol–water partition coefficient (Wildman–Crippen LogP) is 4.01. The Hall–Kier alpha value is -3.81. The number of rotatable bonds is 7. The Labute approximate surface area is 198 Å². The molecule has 2 aromatic carbocycles. The molecule has 8 heteroatoms. The molecule has 0 aromatic heterocycles. The molecule has 0 saturated carbocycles. The first kappa shape index (κ1) is 23.4. The number of carboxylic acid groups (broad SMARTS) is 1. The van der Waals surface area contributed by atoms with Gasteiger partial charge in [0.2, 0.25) is 0 Å². The fourth-order valence-electron chi connectivity index (χ4n) is 4.77. The lowest BCUT2D eigenvalue weighted by molar-refractivity contribution is -0.144. The number of hydrogen-bond acceptors (Lipinski definition) is 5. The van der Waals surface area contributed by atoms with Crippen LogP contribution in [0, 0.1) is 5.92 Å². The van der Waals surface area contributed by atoms with Gasteiger partial charge in [-0.1, -0.05) is 61.2 Å². The molecule has 2 atom stereocenters. The van der Waals surface area contributed by atoms with Crippen LogP contribution in [0.5, 0.6) is 0 Å². The number of likely N-dealkylation sites (tertiary alicyclic amines) is 1. The van der Waals surface area contributed by atoms with Gasteiger partial charge in [-0.3, -0.25) is 4.90 Å². The first-order valence-corrected chi connectivity index (χ1v) is 11.4. The van der Waals surface area contributed by atoms with E-state index in [1.54, 1.807) is 0 Å². The van der Waals surface area contributed by atoms with Gasteiger partial charge in [-0.25, -0.2) is 14.4 Å². The first-order valence-electron chi connectivity index (χ1n) is 11.4. The van der Waals surface area contributed by atoms with Gasteiger partial charge in [0.05, 0.1) is 0 Å². The maximum absolute atomic E-state index is 12.9. The van der Waals surface area contributed by atoms with Crippen LogP contribution in [0.2, 0.25) is 0 Å². The second-order valence-corrected chi connectivity index (χ2v) is 8.51. The number of carbonyl (C=O) groups excluding carboxylic acids is 2. The molecule has 178 valence electrons. The molecule has 0 spiro atoms. The highest BCUT2D eigenvalue weighted by Crippen LogP contribution is 2.44. The Morgan fingerprint density at radius 1 is 1.06 bits per heavy atom. The quantitative estimate of drug-likeness (QED) is 0.600. The van der Waals surface area contributed by atoms with E-state index in [1.165, 1.54) is 11.0 Å². The number of nitrogens with one attached hydrogen (secondary N) is 1. The van der Waals surface area contributed by atoms with Crippen molar-refractivity contribution in [3.63, 3.8) is 0 Å². The zero-order valence-corrected chi connectivity index (χ0v) is 18.8. The van der Waals surface area contributed by atoms with Crippen LogP contribution in [0.3, 0.4) is 0 Å². The Bertz CT molecular complexity index is 1040. The Morgan fingerprint density at radius 3 is 2.32 bits per heavy atom. The van der Waals surface area contributed by atoms with Crippen LogP contribution >= 0.6 is 0 Å². The van der Waals surface area contributed by atoms with Crippen LogP contribution in [0.15, 0.2) is 61.2 Å². The Balaban J connectivity index is 1.37. The molecule has 1 aliphatic heterocycles. The zero-order valence-electron chi connectivity index (χ0n) is 18.8. The summed E-state index contributed by atoms with van der Waals surface area (Å²) in [6.07, 6.45) is 1.03. The topological polar surface area (TPSA) is 105 Å². The molecule has 2 N–H and O–H groups in total. The third kappa shape index (κ3) is 4.90. The Morgan fingerprint density at radius 2 is 1.71 bits per heavy atom. The minimum Gasteiger partial charge on any atom is -0.480 e. The molecule has 8 nitrogen and oxygen atoms in total. The molecule has 1 fully saturated rings. The summed E-state index contributed by atoms with van der Waals surface area (Å²) in [5.41, 5.74) is 4.45. The van der Waals surface area contributed by atoms with Gasteiger partial charge in [0.25, 0.3) is 0 Å². The van der Waals surface area contributed by atoms with Crippen molar-refractivity contribution in [2.75, 3.05) is 26.3 Å². The van der Waals surface area contributed by atoms with Crippen molar-refractivity contribution < 1.29 is 29.0 Å². The SMILES string of the molecule is C=CCOC(=O)NCC1CCN(C(=O)OCC2c3ccccc3-c3ccccc32)[C@H](C(=O)O)C1. The number of nitrogens with zero attached hydrogens (tertiary/aromatic N) is 1. The highest BCUT2D eigenvalue weighted by molar-refractivity contribution is 5.81. The molecular formula is C26H28N2O6. The monoisotopic (exact) mass is 464 g/mol. The highest BCUT2D eigenvalue weighted by Gasteiger charge is 2.38. The van der Waals surface area contributed by atoms with Gasteiger partial charge < -0.3 is 19.9 Å². The van der Waals surface area contributed by atoms with Crippen molar-refractivity contribution in [3.05, 3.63) is 72.3 Å². The van der Waals surface area contributed by atoms with Crippen molar-refractivity contribution >= 4 is 18.2 Å². The third-order valence-electron chi connectivity index (χ3n) is 6.43. The number of ether oxygens (including phenoxy) is 2. The lowest BCUT2D eigenvalue weighted by Crippen LogP contribution is -2.51. The molecule has 4 rings (SSSR count). The van der Waals surface area contributed by atoms with Crippen LogP contribution in [0.1, 0.15) is 29.9 Å². The highest BCUT2D eigenvalue weighted by atomic mass is 16.6. The number of carbonyl (C=O) groups is 3. The average molecular weight is 465 g/mol. The van der Waals surface area contributed by atoms with E-state index in [4.69, 9.17) is 9.47 Å². The lowest BCUT2D eigenvalue weighted by Gasteiger charge is -2.36. The van der Waals surface area contributed by atoms with Crippen molar-refractivity contribution in [1.29, 1.82) is 0 Å². The number of aliphatic carboxylic acids is 1. The van der Waals surface area contributed by atoms with Crippen molar-refractivity contribution in [2.24, 2.45) is 5.92 Å². The predicted molar refractivity (Wildman–Crippen MR) is 125 cm³/mol. The van der Waals surface area contributed by atoms with Crippen molar-refractivity contribution in [2.45, 2.75) is 24.8 Å². The minimum atomic E-state index is -1.09. The number of amides is 2. The van der Waals surface area contributed by atoms with Crippen LogP contribution in [-0.4, -0.2) is 60.5 Å². The summed E-state index contributed by atoms with van der Waals surface area (Å²) >= 11 is 0. The molecule has 1 unspecified atom stereocenters. The Kier molecular flexibility index (Phi) is 7.15. The lowest BCUT2D eigenvalue weighted by atomic mass is 9.91. The van der Waals surface area contributed by atoms with E-state index in [9.17, 15) is 19.5 Å². The zero-order chi connectivity index (χ0) is 24.1. The molecule has 2 aromatic rings. The molecule has 2 aliphatic rings. The summed E-state index contributed by atoms with van der Waals surface area (Å²) in [6.45, 7) is 4.23. The molecule has 1 saturated heterocycles.